The third kappa shape index (κ3) is 3.49. The van der Waals surface area contributed by atoms with E-state index in [-0.39, 0.29) is 6.03 Å². The fourth-order valence-electron chi connectivity index (χ4n) is 1.92. The third-order valence-electron chi connectivity index (χ3n) is 3.01. The number of benzene rings is 1. The SMILES string of the molecule is O=C(NCc1ccncc1)Nc1cc(-c2ccccc2)on1. The van der Waals surface area contributed by atoms with Crippen molar-refractivity contribution in [2.45, 2.75) is 6.54 Å². The molecule has 0 unspecified atom stereocenters. The first-order chi connectivity index (χ1) is 10.8. The van der Waals surface area contributed by atoms with Gasteiger partial charge in [-0.3, -0.25) is 10.3 Å². The normalized spacial score (nSPS) is 10.2. The fraction of sp³-hybridized carbons (Fsp3) is 0.0625. The molecule has 0 aliphatic carbocycles. The van der Waals surface area contributed by atoms with Crippen LogP contribution in [-0.4, -0.2) is 16.2 Å². The molecule has 3 aromatic rings. The number of carbonyl (C=O) groups excluding carboxylic acids is 1. The van der Waals surface area contributed by atoms with Gasteiger partial charge in [-0.2, -0.15) is 0 Å². The van der Waals surface area contributed by atoms with Crippen LogP contribution in [0.3, 0.4) is 0 Å². The van der Waals surface area contributed by atoms with Gasteiger partial charge < -0.3 is 9.84 Å². The van der Waals surface area contributed by atoms with Crippen LogP contribution in [0.2, 0.25) is 0 Å². The maximum atomic E-state index is 11.8. The van der Waals surface area contributed by atoms with Crippen LogP contribution >= 0.6 is 0 Å². The summed E-state index contributed by atoms with van der Waals surface area (Å²) < 4.78 is 5.21. The van der Waals surface area contributed by atoms with Crippen LogP contribution in [0.1, 0.15) is 5.56 Å². The van der Waals surface area contributed by atoms with E-state index in [1.807, 2.05) is 42.5 Å². The zero-order valence-corrected chi connectivity index (χ0v) is 11.7. The average molecular weight is 294 g/mol. The van der Waals surface area contributed by atoms with Gasteiger partial charge in [0.05, 0.1) is 0 Å². The molecule has 0 fully saturated rings. The lowest BCUT2D eigenvalue weighted by molar-refractivity contribution is 0.251. The number of amides is 2. The number of rotatable bonds is 4. The summed E-state index contributed by atoms with van der Waals surface area (Å²) >= 11 is 0. The van der Waals surface area contributed by atoms with Gasteiger partial charge in [0.1, 0.15) is 0 Å². The largest absolute Gasteiger partial charge is 0.354 e. The molecule has 3 rings (SSSR count). The zero-order valence-electron chi connectivity index (χ0n) is 11.7. The number of hydrogen-bond donors (Lipinski definition) is 2. The number of urea groups is 1. The predicted octanol–water partition coefficient (Wildman–Crippen LogP) is 3.06. The number of anilines is 1. The van der Waals surface area contributed by atoms with Crippen molar-refractivity contribution in [3.05, 3.63) is 66.5 Å². The van der Waals surface area contributed by atoms with Crippen LogP contribution in [0.5, 0.6) is 0 Å². The molecule has 6 nitrogen and oxygen atoms in total. The van der Waals surface area contributed by atoms with Gasteiger partial charge in [-0.25, -0.2) is 4.79 Å². The molecule has 2 amide bonds. The van der Waals surface area contributed by atoms with E-state index < -0.39 is 0 Å². The summed E-state index contributed by atoms with van der Waals surface area (Å²) in [6, 6.07) is 14.6. The molecule has 0 saturated heterocycles. The lowest BCUT2D eigenvalue weighted by atomic mass is 10.2. The standard InChI is InChI=1S/C16H14N4O2/c21-16(18-11-12-6-8-17-9-7-12)19-15-10-14(22-20-15)13-4-2-1-3-5-13/h1-10H,11H2,(H2,18,19,20,21). The molecule has 0 aliphatic heterocycles. The smallest absolute Gasteiger partial charge is 0.320 e. The minimum absolute atomic E-state index is 0.343. The summed E-state index contributed by atoms with van der Waals surface area (Å²) in [7, 11) is 0. The number of aromatic nitrogens is 2. The minimum atomic E-state index is -0.343. The van der Waals surface area contributed by atoms with Gasteiger partial charge in [0.15, 0.2) is 11.6 Å². The first-order valence-corrected chi connectivity index (χ1v) is 6.77. The Bertz CT molecular complexity index is 741. The lowest BCUT2D eigenvalue weighted by Crippen LogP contribution is -2.28. The Morgan fingerprint density at radius 1 is 1.09 bits per heavy atom. The van der Waals surface area contributed by atoms with Crippen molar-refractivity contribution >= 4 is 11.8 Å². The maximum absolute atomic E-state index is 11.8. The van der Waals surface area contributed by atoms with Gasteiger partial charge >= 0.3 is 6.03 Å². The molecule has 2 aromatic heterocycles. The molecule has 0 spiro atoms. The fourth-order valence-corrected chi connectivity index (χ4v) is 1.92. The van der Waals surface area contributed by atoms with Crippen molar-refractivity contribution in [3.8, 4) is 11.3 Å². The molecular formula is C16H14N4O2. The Balaban J connectivity index is 1.57. The number of nitrogens with one attached hydrogen (secondary N) is 2. The quantitative estimate of drug-likeness (QED) is 0.775. The Hall–Kier alpha value is -3.15. The van der Waals surface area contributed by atoms with Gasteiger partial charge in [0.2, 0.25) is 0 Å². The lowest BCUT2D eigenvalue weighted by Gasteiger charge is -2.04. The second-order valence-electron chi connectivity index (χ2n) is 4.61. The summed E-state index contributed by atoms with van der Waals surface area (Å²) in [5, 5.41) is 9.20. The summed E-state index contributed by atoms with van der Waals surface area (Å²) in [5.74, 6) is 0.969. The molecule has 0 saturated carbocycles. The Morgan fingerprint density at radius 2 is 1.86 bits per heavy atom. The van der Waals surface area contributed by atoms with Crippen molar-refractivity contribution in [2.24, 2.45) is 0 Å². The van der Waals surface area contributed by atoms with Crippen LogP contribution in [0.15, 0.2) is 65.4 Å². The predicted molar refractivity (Wildman–Crippen MR) is 82.0 cm³/mol. The van der Waals surface area contributed by atoms with E-state index in [4.69, 9.17) is 4.52 Å². The second kappa shape index (κ2) is 6.53. The first kappa shape index (κ1) is 13.8. The number of pyridine rings is 1. The Labute approximate surface area is 127 Å². The summed E-state index contributed by atoms with van der Waals surface area (Å²) in [5.41, 5.74) is 1.87. The molecule has 0 atom stereocenters. The molecule has 1 aromatic carbocycles. The molecule has 0 radical (unpaired) electrons. The monoisotopic (exact) mass is 294 g/mol. The van der Waals surface area contributed by atoms with Crippen LogP contribution in [0.25, 0.3) is 11.3 Å². The molecule has 2 heterocycles. The van der Waals surface area contributed by atoms with E-state index in [9.17, 15) is 4.79 Å². The zero-order chi connectivity index (χ0) is 15.2. The average Bonchev–Trinajstić information content (AvgIpc) is 3.03. The second-order valence-corrected chi connectivity index (χ2v) is 4.61. The molecule has 6 heteroatoms. The van der Waals surface area contributed by atoms with Gasteiger partial charge in [-0.15, -0.1) is 0 Å². The highest BCUT2D eigenvalue weighted by Gasteiger charge is 2.09. The molecule has 2 N–H and O–H groups in total. The minimum Gasteiger partial charge on any atom is -0.354 e. The van der Waals surface area contributed by atoms with Crippen LogP contribution < -0.4 is 10.6 Å². The highest BCUT2D eigenvalue weighted by atomic mass is 16.5. The van der Waals surface area contributed by atoms with Gasteiger partial charge in [0, 0.05) is 30.6 Å². The van der Waals surface area contributed by atoms with Crippen LogP contribution in [-0.2, 0) is 6.54 Å². The van der Waals surface area contributed by atoms with Gasteiger partial charge in [0.25, 0.3) is 0 Å². The molecular weight excluding hydrogens is 280 g/mol. The van der Waals surface area contributed by atoms with E-state index in [0.29, 0.717) is 18.1 Å². The van der Waals surface area contributed by atoms with Crippen LogP contribution in [0, 0.1) is 0 Å². The highest BCUT2D eigenvalue weighted by Crippen LogP contribution is 2.21. The first-order valence-electron chi connectivity index (χ1n) is 6.77. The third-order valence-corrected chi connectivity index (χ3v) is 3.01. The van der Waals surface area contributed by atoms with E-state index >= 15 is 0 Å². The number of nitrogens with zero attached hydrogens (tertiary/aromatic N) is 2. The Morgan fingerprint density at radius 3 is 2.64 bits per heavy atom. The van der Waals surface area contributed by atoms with Gasteiger partial charge in [-0.1, -0.05) is 35.5 Å². The van der Waals surface area contributed by atoms with Crippen molar-refractivity contribution in [3.63, 3.8) is 0 Å². The van der Waals surface area contributed by atoms with Crippen LogP contribution in [0.4, 0.5) is 10.6 Å². The van der Waals surface area contributed by atoms with Gasteiger partial charge in [-0.05, 0) is 17.7 Å². The van der Waals surface area contributed by atoms with E-state index in [1.54, 1.807) is 18.5 Å². The van der Waals surface area contributed by atoms with E-state index in [1.165, 1.54) is 0 Å². The molecule has 22 heavy (non-hydrogen) atoms. The topological polar surface area (TPSA) is 80.0 Å². The maximum Gasteiger partial charge on any atom is 0.320 e. The summed E-state index contributed by atoms with van der Waals surface area (Å²) in [6.45, 7) is 0.414. The van der Waals surface area contributed by atoms with E-state index in [2.05, 4.69) is 20.8 Å². The molecule has 0 aliphatic rings. The Kier molecular flexibility index (Phi) is 4.10. The van der Waals surface area contributed by atoms with Crippen molar-refractivity contribution in [1.82, 2.24) is 15.5 Å². The highest BCUT2D eigenvalue weighted by molar-refractivity contribution is 5.88. The van der Waals surface area contributed by atoms with Crippen molar-refractivity contribution in [1.29, 1.82) is 0 Å². The summed E-state index contributed by atoms with van der Waals surface area (Å²) in [6.07, 6.45) is 3.36. The van der Waals surface area contributed by atoms with E-state index in [0.717, 1.165) is 11.1 Å². The molecule has 0 bridgehead atoms. The number of hydrogen-bond acceptors (Lipinski definition) is 4. The van der Waals surface area contributed by atoms with Crippen molar-refractivity contribution < 1.29 is 9.32 Å². The van der Waals surface area contributed by atoms with Crippen molar-refractivity contribution in [2.75, 3.05) is 5.32 Å². The summed E-state index contributed by atoms with van der Waals surface area (Å²) in [4.78, 5) is 15.7. The number of carbonyl (C=O) groups is 1. The molecule has 110 valence electrons.